The van der Waals surface area contributed by atoms with Gasteiger partial charge in [-0.3, -0.25) is 0 Å². The fraction of sp³-hybridized carbons (Fsp3) is 0.240. The zero-order valence-electron chi connectivity index (χ0n) is 17.4. The molecule has 0 aliphatic heterocycles. The van der Waals surface area contributed by atoms with Gasteiger partial charge in [0.15, 0.2) is 0 Å². The summed E-state index contributed by atoms with van der Waals surface area (Å²) >= 11 is 0. The summed E-state index contributed by atoms with van der Waals surface area (Å²) in [5.74, 6) is 0. The second-order valence-corrected chi connectivity index (χ2v) is 8.61. The Morgan fingerprint density at radius 2 is 1.59 bits per heavy atom. The van der Waals surface area contributed by atoms with E-state index in [1.54, 1.807) is 13.8 Å². The highest BCUT2D eigenvalue weighted by Gasteiger charge is 2.35. The van der Waals surface area contributed by atoms with Gasteiger partial charge in [0.25, 0.3) is 0 Å². The number of aliphatic hydroxyl groups is 1. The molecule has 3 nitrogen and oxygen atoms in total. The van der Waals surface area contributed by atoms with Crippen LogP contribution < -0.4 is 5.46 Å². The van der Waals surface area contributed by atoms with Crippen LogP contribution in [0.1, 0.15) is 27.7 Å². The molecule has 0 atom stereocenters. The minimum absolute atomic E-state index is 0.442. The van der Waals surface area contributed by atoms with Crippen molar-refractivity contribution in [1.29, 1.82) is 0 Å². The molecule has 1 aromatic heterocycles. The van der Waals surface area contributed by atoms with E-state index in [9.17, 15) is 5.11 Å². The summed E-state index contributed by atoms with van der Waals surface area (Å²) in [5.41, 5.74) is 2.58. The summed E-state index contributed by atoms with van der Waals surface area (Å²) in [4.78, 5) is 4.90. The molecule has 1 heterocycles. The van der Waals surface area contributed by atoms with E-state index in [0.29, 0.717) is 7.48 Å². The van der Waals surface area contributed by atoms with Crippen molar-refractivity contribution in [2.45, 2.75) is 38.9 Å². The van der Waals surface area contributed by atoms with Crippen LogP contribution in [0.2, 0.25) is 0 Å². The number of aromatic nitrogens is 1. The van der Waals surface area contributed by atoms with Gasteiger partial charge in [0, 0.05) is 5.56 Å². The molecule has 146 valence electrons. The maximum absolute atomic E-state index is 10.3. The van der Waals surface area contributed by atoms with E-state index in [1.807, 2.05) is 26.0 Å². The molecule has 0 bridgehead atoms. The minimum Gasteiger partial charge on any atom is -0.427 e. The Morgan fingerprint density at radius 1 is 0.828 bits per heavy atom. The van der Waals surface area contributed by atoms with Crippen molar-refractivity contribution >= 4 is 34.6 Å². The molecule has 0 saturated carbocycles. The van der Waals surface area contributed by atoms with Crippen molar-refractivity contribution in [1.82, 2.24) is 4.98 Å². The lowest BCUT2D eigenvalue weighted by molar-refractivity contribution is -0.0893. The van der Waals surface area contributed by atoms with Crippen LogP contribution in [-0.2, 0) is 4.65 Å². The number of hydrogen-bond donors (Lipinski definition) is 1. The van der Waals surface area contributed by atoms with Gasteiger partial charge < -0.3 is 9.76 Å². The van der Waals surface area contributed by atoms with Crippen molar-refractivity contribution in [3.63, 3.8) is 0 Å². The van der Waals surface area contributed by atoms with Gasteiger partial charge in [-0.05, 0) is 56.0 Å². The predicted octanol–water partition coefficient (Wildman–Crippen LogP) is 4.60. The molecule has 1 N–H and O–H groups in total. The first-order valence-electron chi connectivity index (χ1n) is 9.99. The minimum atomic E-state index is -0.918. The van der Waals surface area contributed by atoms with Gasteiger partial charge in [0.2, 0.25) is 0 Å². The van der Waals surface area contributed by atoms with Crippen LogP contribution in [-0.4, -0.2) is 28.8 Å². The highest BCUT2D eigenvalue weighted by molar-refractivity contribution is 6.47. The lowest BCUT2D eigenvalue weighted by Gasteiger charge is -2.37. The molecule has 4 rings (SSSR count). The first kappa shape index (κ1) is 19.6. The molecule has 29 heavy (non-hydrogen) atoms. The Morgan fingerprint density at radius 3 is 2.38 bits per heavy atom. The molecular formula is C25H26BNO2. The van der Waals surface area contributed by atoms with E-state index < -0.39 is 11.2 Å². The molecule has 0 radical (unpaired) electrons. The number of pyridine rings is 1. The van der Waals surface area contributed by atoms with Gasteiger partial charge in [-0.25, -0.2) is 4.98 Å². The van der Waals surface area contributed by atoms with Crippen LogP contribution in [0.3, 0.4) is 0 Å². The van der Waals surface area contributed by atoms with Crippen molar-refractivity contribution in [3.05, 3.63) is 72.8 Å². The molecular weight excluding hydrogens is 357 g/mol. The van der Waals surface area contributed by atoms with Gasteiger partial charge in [-0.1, -0.05) is 66.1 Å². The standard InChI is InChI=1S/C25H26BNO2/c1-24(2,28)25(3,4)29-26-19-13-15-22-18(16-19)12-14-23(27-22)21-11-7-9-17-8-5-6-10-20(17)21/h5-16,26,28H,1-4H3. The zero-order valence-corrected chi connectivity index (χ0v) is 17.4. The van der Waals surface area contributed by atoms with Crippen molar-refractivity contribution in [2.24, 2.45) is 0 Å². The van der Waals surface area contributed by atoms with E-state index in [2.05, 4.69) is 60.7 Å². The maximum Gasteiger partial charge on any atom is 0.309 e. The smallest absolute Gasteiger partial charge is 0.309 e. The van der Waals surface area contributed by atoms with Crippen molar-refractivity contribution < 1.29 is 9.76 Å². The highest BCUT2D eigenvalue weighted by atomic mass is 16.5. The normalized spacial score (nSPS) is 12.4. The summed E-state index contributed by atoms with van der Waals surface area (Å²) < 4.78 is 6.00. The Kier molecular flexibility index (Phi) is 4.93. The number of hydrogen-bond acceptors (Lipinski definition) is 3. The van der Waals surface area contributed by atoms with Crippen LogP contribution in [0, 0.1) is 0 Å². The van der Waals surface area contributed by atoms with E-state index in [1.165, 1.54) is 10.8 Å². The SMILES string of the molecule is CC(C)(O)C(C)(C)OBc1ccc2nc(-c3cccc4ccccc34)ccc2c1. The quantitative estimate of drug-likeness (QED) is 0.513. The molecule has 0 aliphatic carbocycles. The zero-order chi connectivity index (χ0) is 20.6. The van der Waals surface area contributed by atoms with Crippen molar-refractivity contribution in [2.75, 3.05) is 0 Å². The molecule has 0 saturated heterocycles. The first-order valence-corrected chi connectivity index (χ1v) is 9.99. The number of benzene rings is 3. The van der Waals surface area contributed by atoms with Crippen molar-refractivity contribution in [3.8, 4) is 11.3 Å². The third-order valence-corrected chi connectivity index (χ3v) is 5.89. The third-order valence-electron chi connectivity index (χ3n) is 5.89. The fourth-order valence-corrected chi connectivity index (χ4v) is 3.30. The molecule has 0 amide bonds. The Balaban J connectivity index is 1.64. The molecule has 3 aromatic carbocycles. The molecule has 0 fully saturated rings. The summed E-state index contributed by atoms with van der Waals surface area (Å²) in [6.07, 6.45) is 0. The summed E-state index contributed by atoms with van der Waals surface area (Å²) in [5, 5.41) is 13.8. The summed E-state index contributed by atoms with van der Waals surface area (Å²) in [6.45, 7) is 7.36. The van der Waals surface area contributed by atoms with Crippen LogP contribution in [0.5, 0.6) is 0 Å². The Bertz CT molecular complexity index is 1170. The van der Waals surface area contributed by atoms with Gasteiger partial charge >= 0.3 is 7.48 Å². The maximum atomic E-state index is 10.3. The van der Waals surface area contributed by atoms with Gasteiger partial charge in [0.1, 0.15) is 0 Å². The molecule has 4 aromatic rings. The van der Waals surface area contributed by atoms with Crippen LogP contribution in [0.15, 0.2) is 72.8 Å². The average Bonchev–Trinajstić information content (AvgIpc) is 2.70. The lowest BCUT2D eigenvalue weighted by Crippen LogP contribution is -2.49. The Labute approximate surface area is 172 Å². The van der Waals surface area contributed by atoms with Gasteiger partial charge in [-0.2, -0.15) is 0 Å². The molecule has 4 heteroatoms. The van der Waals surface area contributed by atoms with E-state index in [-0.39, 0.29) is 0 Å². The highest BCUT2D eigenvalue weighted by Crippen LogP contribution is 2.28. The molecule has 0 aliphatic rings. The number of rotatable bonds is 5. The van der Waals surface area contributed by atoms with Crippen LogP contribution in [0.4, 0.5) is 0 Å². The van der Waals surface area contributed by atoms with E-state index >= 15 is 0 Å². The Hall–Kier alpha value is -2.69. The van der Waals surface area contributed by atoms with Crippen LogP contribution in [0.25, 0.3) is 32.9 Å². The topological polar surface area (TPSA) is 42.4 Å². The lowest BCUT2D eigenvalue weighted by atomic mass is 9.82. The number of fused-ring (bicyclic) bond motifs is 2. The monoisotopic (exact) mass is 383 g/mol. The molecule has 0 spiro atoms. The third kappa shape index (κ3) is 3.91. The largest absolute Gasteiger partial charge is 0.427 e. The van der Waals surface area contributed by atoms with E-state index in [4.69, 9.17) is 9.64 Å². The van der Waals surface area contributed by atoms with Gasteiger partial charge in [0.05, 0.1) is 22.4 Å². The van der Waals surface area contributed by atoms with Gasteiger partial charge in [-0.15, -0.1) is 0 Å². The van der Waals surface area contributed by atoms with E-state index in [0.717, 1.165) is 27.6 Å². The molecule has 0 unspecified atom stereocenters. The average molecular weight is 383 g/mol. The van der Waals surface area contributed by atoms with Crippen LogP contribution >= 0.6 is 0 Å². The summed E-state index contributed by atoms with van der Waals surface area (Å²) in [7, 11) is 0.442. The second-order valence-electron chi connectivity index (χ2n) is 8.61. The summed E-state index contributed by atoms with van der Waals surface area (Å²) in [6, 6.07) is 25.1. The first-order chi connectivity index (χ1) is 13.7. The predicted molar refractivity (Wildman–Crippen MR) is 123 cm³/mol. The number of nitrogens with zero attached hydrogens (tertiary/aromatic N) is 1. The second kappa shape index (κ2) is 7.29. The fourth-order valence-electron chi connectivity index (χ4n) is 3.30.